The molecule has 1 aliphatic heterocycles. The average molecular weight is 409 g/mol. The first-order valence-electron chi connectivity index (χ1n) is 10.4. The third-order valence-corrected chi connectivity index (χ3v) is 6.92. The molecule has 1 aromatic carbocycles. The van der Waals surface area contributed by atoms with Crippen LogP contribution in [0.25, 0.3) is 10.4 Å². The minimum absolute atomic E-state index is 0.0352. The molecule has 0 bridgehead atoms. The smallest absolute Gasteiger partial charge is 0.228 e. The van der Waals surface area contributed by atoms with Crippen LogP contribution in [0.1, 0.15) is 31.2 Å². The Hall–Kier alpha value is -2.40. The highest BCUT2D eigenvalue weighted by Crippen LogP contribution is 2.38. The number of hydrogen-bond acceptors (Lipinski definition) is 3. The van der Waals surface area contributed by atoms with Crippen molar-refractivity contribution in [2.24, 2.45) is 11.3 Å². The topological polar surface area (TPSA) is 49.4 Å². The molecule has 2 amide bonds. The van der Waals surface area contributed by atoms with E-state index in [0.29, 0.717) is 19.5 Å². The molecular formula is C24H28N2O2S. The summed E-state index contributed by atoms with van der Waals surface area (Å²) in [7, 11) is 0. The molecule has 4 rings (SSSR count). The first-order valence-corrected chi connectivity index (χ1v) is 11.3. The van der Waals surface area contributed by atoms with Crippen molar-refractivity contribution in [3.63, 3.8) is 0 Å². The largest absolute Gasteiger partial charge is 0.352 e. The molecule has 4 nitrogen and oxygen atoms in total. The van der Waals surface area contributed by atoms with Gasteiger partial charge >= 0.3 is 0 Å². The predicted octanol–water partition coefficient (Wildman–Crippen LogP) is 4.28. The molecule has 0 spiro atoms. The van der Waals surface area contributed by atoms with Gasteiger partial charge in [-0.05, 0) is 54.7 Å². The highest BCUT2D eigenvalue weighted by atomic mass is 32.1. The second-order valence-electron chi connectivity index (χ2n) is 8.27. The summed E-state index contributed by atoms with van der Waals surface area (Å²) in [5, 5.41) is 5.09. The summed E-state index contributed by atoms with van der Waals surface area (Å²) in [6, 6.07) is 12.7. The molecule has 1 aliphatic carbocycles. The van der Waals surface area contributed by atoms with Crippen molar-refractivity contribution in [1.29, 1.82) is 0 Å². The van der Waals surface area contributed by atoms with Crippen LogP contribution in [0.3, 0.4) is 0 Å². The molecule has 2 heterocycles. The van der Waals surface area contributed by atoms with Crippen molar-refractivity contribution in [2.45, 2.75) is 32.1 Å². The Bertz CT molecular complexity index is 871. The second kappa shape index (κ2) is 8.54. The van der Waals surface area contributed by atoms with Crippen LogP contribution in [0.15, 0.2) is 54.4 Å². The van der Waals surface area contributed by atoms with Crippen molar-refractivity contribution >= 4 is 23.2 Å². The molecule has 1 aromatic heterocycles. The molecule has 0 unspecified atom stereocenters. The van der Waals surface area contributed by atoms with E-state index in [1.807, 2.05) is 4.90 Å². The van der Waals surface area contributed by atoms with E-state index in [1.54, 1.807) is 17.4 Å². The SMILES string of the molecule is C=CCNC(=O)[C@@]1(Cc2ccc(-c3cccs3)cc2)CCCN(C(=O)C2CC2)C1. The summed E-state index contributed by atoms with van der Waals surface area (Å²) in [5.41, 5.74) is 1.76. The van der Waals surface area contributed by atoms with Crippen LogP contribution >= 0.6 is 11.3 Å². The monoisotopic (exact) mass is 408 g/mol. The van der Waals surface area contributed by atoms with Gasteiger partial charge in [-0.15, -0.1) is 17.9 Å². The van der Waals surface area contributed by atoms with Gasteiger partial charge in [-0.25, -0.2) is 0 Å². The maximum Gasteiger partial charge on any atom is 0.228 e. The first kappa shape index (κ1) is 19.9. The standard InChI is InChI=1S/C24H28N2O2S/c1-2-13-25-23(28)24(12-4-14-26(17-24)22(27)20-10-11-20)16-18-6-8-19(9-7-18)21-5-3-15-29-21/h2-3,5-9,15,20H,1,4,10-14,16-17H2,(H,25,28)/t24-/m1/s1. The van der Waals surface area contributed by atoms with E-state index < -0.39 is 5.41 Å². The van der Waals surface area contributed by atoms with E-state index >= 15 is 0 Å². The molecule has 29 heavy (non-hydrogen) atoms. The molecule has 5 heteroatoms. The molecule has 2 aliphatic rings. The Labute approximate surface area is 176 Å². The maximum absolute atomic E-state index is 13.2. The van der Waals surface area contributed by atoms with Crippen LogP contribution in [-0.4, -0.2) is 36.3 Å². The number of hydrogen-bond donors (Lipinski definition) is 1. The number of amides is 2. The number of thiophene rings is 1. The number of nitrogens with zero attached hydrogens (tertiary/aromatic N) is 1. The highest BCUT2D eigenvalue weighted by Gasteiger charge is 2.45. The number of nitrogens with one attached hydrogen (secondary N) is 1. The second-order valence-corrected chi connectivity index (χ2v) is 9.22. The lowest BCUT2D eigenvalue weighted by atomic mass is 9.74. The van der Waals surface area contributed by atoms with Gasteiger partial charge in [0.1, 0.15) is 0 Å². The van der Waals surface area contributed by atoms with Crippen molar-refractivity contribution in [2.75, 3.05) is 19.6 Å². The number of carbonyl (C=O) groups is 2. The Morgan fingerprint density at radius 1 is 1.24 bits per heavy atom. The predicted molar refractivity (Wildman–Crippen MR) is 118 cm³/mol. The van der Waals surface area contributed by atoms with E-state index in [0.717, 1.165) is 37.8 Å². The molecule has 2 fully saturated rings. The molecule has 1 atom stereocenters. The fourth-order valence-corrected chi connectivity index (χ4v) is 5.02. The van der Waals surface area contributed by atoms with E-state index in [9.17, 15) is 9.59 Å². The van der Waals surface area contributed by atoms with Gasteiger partial charge in [0.15, 0.2) is 0 Å². The summed E-state index contributed by atoms with van der Waals surface area (Å²) in [6.07, 6.45) is 6.02. The van der Waals surface area contributed by atoms with E-state index in [-0.39, 0.29) is 17.7 Å². The molecular weight excluding hydrogens is 380 g/mol. The Kier molecular flexibility index (Phi) is 5.86. The van der Waals surface area contributed by atoms with Crippen LogP contribution in [0, 0.1) is 11.3 Å². The number of rotatable bonds is 7. The lowest BCUT2D eigenvalue weighted by Gasteiger charge is -2.42. The third-order valence-electron chi connectivity index (χ3n) is 6.01. The number of likely N-dealkylation sites (tertiary alicyclic amines) is 1. The Morgan fingerprint density at radius 3 is 2.69 bits per heavy atom. The van der Waals surface area contributed by atoms with E-state index in [2.05, 4.69) is 53.7 Å². The first-order chi connectivity index (χ1) is 14.1. The molecule has 0 radical (unpaired) electrons. The average Bonchev–Trinajstić information content (AvgIpc) is 3.46. The normalized spacial score (nSPS) is 21.6. The van der Waals surface area contributed by atoms with Crippen LogP contribution in [0.5, 0.6) is 0 Å². The maximum atomic E-state index is 13.2. The van der Waals surface area contributed by atoms with Crippen LogP contribution in [0.2, 0.25) is 0 Å². The number of benzene rings is 1. The Balaban J connectivity index is 1.55. The van der Waals surface area contributed by atoms with E-state index in [4.69, 9.17) is 0 Å². The zero-order valence-corrected chi connectivity index (χ0v) is 17.5. The lowest BCUT2D eigenvalue weighted by molar-refractivity contribution is -0.142. The van der Waals surface area contributed by atoms with Crippen LogP contribution < -0.4 is 5.32 Å². The summed E-state index contributed by atoms with van der Waals surface area (Å²) in [5.74, 6) is 0.457. The van der Waals surface area contributed by atoms with Gasteiger partial charge in [-0.1, -0.05) is 36.4 Å². The zero-order valence-electron chi connectivity index (χ0n) is 16.7. The highest BCUT2D eigenvalue weighted by molar-refractivity contribution is 7.13. The third kappa shape index (κ3) is 4.45. The summed E-state index contributed by atoms with van der Waals surface area (Å²) in [4.78, 5) is 29.1. The van der Waals surface area contributed by atoms with Crippen molar-refractivity contribution in [3.8, 4) is 10.4 Å². The van der Waals surface area contributed by atoms with Crippen LogP contribution in [0.4, 0.5) is 0 Å². The van der Waals surface area contributed by atoms with Crippen molar-refractivity contribution < 1.29 is 9.59 Å². The molecule has 1 saturated carbocycles. The van der Waals surface area contributed by atoms with Crippen molar-refractivity contribution in [1.82, 2.24) is 10.2 Å². The summed E-state index contributed by atoms with van der Waals surface area (Å²) in [6.45, 7) is 5.45. The van der Waals surface area contributed by atoms with Gasteiger partial charge < -0.3 is 10.2 Å². The molecule has 1 N–H and O–H groups in total. The van der Waals surface area contributed by atoms with Gasteiger partial charge in [0.25, 0.3) is 0 Å². The Morgan fingerprint density at radius 2 is 2.03 bits per heavy atom. The van der Waals surface area contributed by atoms with Gasteiger partial charge in [-0.2, -0.15) is 0 Å². The minimum atomic E-state index is -0.573. The zero-order chi connectivity index (χ0) is 20.3. The van der Waals surface area contributed by atoms with Gasteiger partial charge in [-0.3, -0.25) is 9.59 Å². The number of piperidine rings is 1. The molecule has 1 saturated heterocycles. The van der Waals surface area contributed by atoms with E-state index in [1.165, 1.54) is 10.4 Å². The summed E-state index contributed by atoms with van der Waals surface area (Å²) < 4.78 is 0. The number of carbonyl (C=O) groups excluding carboxylic acids is 2. The summed E-state index contributed by atoms with van der Waals surface area (Å²) >= 11 is 1.73. The fourth-order valence-electron chi connectivity index (χ4n) is 4.29. The van der Waals surface area contributed by atoms with Gasteiger partial charge in [0, 0.05) is 30.4 Å². The van der Waals surface area contributed by atoms with Crippen molar-refractivity contribution in [3.05, 3.63) is 60.0 Å². The van der Waals surface area contributed by atoms with Crippen LogP contribution in [-0.2, 0) is 16.0 Å². The quantitative estimate of drug-likeness (QED) is 0.695. The molecule has 2 aromatic rings. The fraction of sp³-hybridized carbons (Fsp3) is 0.417. The minimum Gasteiger partial charge on any atom is -0.352 e. The lowest BCUT2D eigenvalue weighted by Crippen LogP contribution is -2.54. The van der Waals surface area contributed by atoms with Gasteiger partial charge in [0.05, 0.1) is 5.41 Å². The van der Waals surface area contributed by atoms with Gasteiger partial charge in [0.2, 0.25) is 11.8 Å². The molecule has 152 valence electrons.